The van der Waals surface area contributed by atoms with E-state index in [1.54, 1.807) is 12.1 Å². The molecule has 1 amide bonds. The van der Waals surface area contributed by atoms with E-state index in [0.29, 0.717) is 18.2 Å². The molecule has 0 bridgehead atoms. The predicted molar refractivity (Wildman–Crippen MR) is 77.0 cm³/mol. The van der Waals surface area contributed by atoms with E-state index in [0.717, 1.165) is 0 Å². The average molecular weight is 293 g/mol. The Bertz CT molecular complexity index is 616. The van der Waals surface area contributed by atoms with Gasteiger partial charge in [0.05, 0.1) is 29.1 Å². The van der Waals surface area contributed by atoms with Crippen LogP contribution in [0.5, 0.6) is 5.88 Å². The molecule has 0 radical (unpaired) electrons. The average Bonchev–Trinajstić information content (AvgIpc) is 2.44. The summed E-state index contributed by atoms with van der Waals surface area (Å²) in [5.74, 6) is 0.344. The number of carbonyl (C=O) groups excluding carboxylic acids is 1. The molecule has 0 fully saturated rings. The summed E-state index contributed by atoms with van der Waals surface area (Å²) in [5, 5.41) is 2.90. The number of rotatable bonds is 4. The molecular weight excluding hydrogens is 280 g/mol. The maximum Gasteiger partial charge on any atom is 0.257 e. The van der Waals surface area contributed by atoms with Gasteiger partial charge in [-0.1, -0.05) is 11.6 Å². The van der Waals surface area contributed by atoms with Gasteiger partial charge in [-0.2, -0.15) is 0 Å². The Morgan fingerprint density at radius 2 is 2.20 bits per heavy atom. The molecular formula is C13H13ClN4O2. The standard InChI is InChI=1S/C13H13ClN4O2/c1-2-20-12-4-3-8(6-17-12)18-13(19)9-5-11(15)16-7-10(9)14/h3-7H,2H2,1H3,(H2,15,16)(H,18,19). The Morgan fingerprint density at radius 1 is 1.40 bits per heavy atom. The van der Waals surface area contributed by atoms with Crippen LogP contribution in [0.15, 0.2) is 30.6 Å². The molecule has 0 saturated heterocycles. The largest absolute Gasteiger partial charge is 0.478 e. The number of nitrogens with zero attached hydrogens (tertiary/aromatic N) is 2. The van der Waals surface area contributed by atoms with Crippen molar-refractivity contribution in [1.29, 1.82) is 0 Å². The third-order valence-corrected chi connectivity index (χ3v) is 2.71. The Hall–Kier alpha value is -2.34. The fourth-order valence-electron chi connectivity index (χ4n) is 1.51. The zero-order valence-corrected chi connectivity index (χ0v) is 11.5. The number of hydrogen-bond donors (Lipinski definition) is 2. The van der Waals surface area contributed by atoms with Gasteiger partial charge in [-0.15, -0.1) is 0 Å². The number of carbonyl (C=O) groups is 1. The van der Waals surface area contributed by atoms with Crippen LogP contribution < -0.4 is 15.8 Å². The van der Waals surface area contributed by atoms with Crippen molar-refractivity contribution in [2.75, 3.05) is 17.7 Å². The van der Waals surface area contributed by atoms with Crippen LogP contribution in [-0.2, 0) is 0 Å². The quantitative estimate of drug-likeness (QED) is 0.903. The van der Waals surface area contributed by atoms with E-state index in [-0.39, 0.29) is 22.3 Å². The van der Waals surface area contributed by atoms with E-state index < -0.39 is 0 Å². The highest BCUT2D eigenvalue weighted by molar-refractivity contribution is 6.34. The molecule has 0 aromatic carbocycles. The van der Waals surface area contributed by atoms with Gasteiger partial charge in [0.1, 0.15) is 5.82 Å². The number of nitrogens with one attached hydrogen (secondary N) is 1. The van der Waals surface area contributed by atoms with Gasteiger partial charge >= 0.3 is 0 Å². The van der Waals surface area contributed by atoms with E-state index in [1.165, 1.54) is 18.5 Å². The van der Waals surface area contributed by atoms with Crippen molar-refractivity contribution in [2.45, 2.75) is 6.92 Å². The fourth-order valence-corrected chi connectivity index (χ4v) is 1.70. The number of ether oxygens (including phenoxy) is 1. The Balaban J connectivity index is 2.13. The van der Waals surface area contributed by atoms with Crippen molar-refractivity contribution in [3.63, 3.8) is 0 Å². The maximum absolute atomic E-state index is 12.1. The van der Waals surface area contributed by atoms with Crippen LogP contribution in [0.4, 0.5) is 11.5 Å². The van der Waals surface area contributed by atoms with E-state index in [9.17, 15) is 4.79 Å². The van der Waals surface area contributed by atoms with E-state index in [4.69, 9.17) is 22.1 Å². The second-order valence-electron chi connectivity index (χ2n) is 3.86. The number of aromatic nitrogens is 2. The molecule has 0 saturated carbocycles. The van der Waals surface area contributed by atoms with Crippen LogP contribution in [-0.4, -0.2) is 22.5 Å². The lowest BCUT2D eigenvalue weighted by Gasteiger charge is -2.07. The lowest BCUT2D eigenvalue weighted by molar-refractivity contribution is 0.102. The van der Waals surface area contributed by atoms with Crippen LogP contribution in [0.3, 0.4) is 0 Å². The number of anilines is 2. The van der Waals surface area contributed by atoms with E-state index in [1.807, 2.05) is 6.92 Å². The second kappa shape index (κ2) is 6.21. The molecule has 104 valence electrons. The first-order chi connectivity index (χ1) is 9.60. The van der Waals surface area contributed by atoms with Crippen LogP contribution >= 0.6 is 11.6 Å². The second-order valence-corrected chi connectivity index (χ2v) is 4.27. The first kappa shape index (κ1) is 14.1. The zero-order chi connectivity index (χ0) is 14.5. The molecule has 2 rings (SSSR count). The van der Waals surface area contributed by atoms with Crippen LogP contribution in [0, 0.1) is 0 Å². The lowest BCUT2D eigenvalue weighted by Crippen LogP contribution is -2.13. The Labute approximate surface area is 120 Å². The summed E-state index contributed by atoms with van der Waals surface area (Å²) in [4.78, 5) is 19.9. The molecule has 20 heavy (non-hydrogen) atoms. The van der Waals surface area contributed by atoms with Gasteiger partial charge < -0.3 is 15.8 Å². The number of pyridine rings is 2. The molecule has 0 unspecified atom stereocenters. The van der Waals surface area contributed by atoms with Crippen molar-refractivity contribution in [3.05, 3.63) is 41.2 Å². The first-order valence-electron chi connectivity index (χ1n) is 5.91. The van der Waals surface area contributed by atoms with Crippen LogP contribution in [0.2, 0.25) is 5.02 Å². The highest BCUT2D eigenvalue weighted by Gasteiger charge is 2.12. The molecule has 6 nitrogen and oxygen atoms in total. The molecule has 2 aromatic rings. The monoisotopic (exact) mass is 292 g/mol. The molecule has 0 atom stereocenters. The molecule has 0 aliphatic heterocycles. The molecule has 3 N–H and O–H groups in total. The highest BCUT2D eigenvalue weighted by Crippen LogP contribution is 2.19. The number of hydrogen-bond acceptors (Lipinski definition) is 5. The summed E-state index contributed by atoms with van der Waals surface area (Å²) >= 11 is 5.91. The molecule has 2 aromatic heterocycles. The van der Waals surface area contributed by atoms with Gasteiger partial charge in [-0.3, -0.25) is 4.79 Å². The van der Waals surface area contributed by atoms with Gasteiger partial charge in [-0.25, -0.2) is 9.97 Å². The van der Waals surface area contributed by atoms with Gasteiger partial charge in [0.15, 0.2) is 0 Å². The van der Waals surface area contributed by atoms with Crippen molar-refractivity contribution in [3.8, 4) is 5.88 Å². The number of halogens is 1. The highest BCUT2D eigenvalue weighted by atomic mass is 35.5. The normalized spacial score (nSPS) is 10.1. The summed E-state index contributed by atoms with van der Waals surface area (Å²) in [6, 6.07) is 4.77. The number of amides is 1. The minimum absolute atomic E-state index is 0.226. The van der Waals surface area contributed by atoms with Crippen molar-refractivity contribution >= 4 is 29.0 Å². The summed E-state index contributed by atoms with van der Waals surface area (Å²) in [6.45, 7) is 2.40. The molecule has 0 aliphatic rings. The predicted octanol–water partition coefficient (Wildman–Crippen LogP) is 2.36. The van der Waals surface area contributed by atoms with Crippen molar-refractivity contribution < 1.29 is 9.53 Å². The van der Waals surface area contributed by atoms with Gasteiger partial charge in [0.25, 0.3) is 5.91 Å². The lowest BCUT2D eigenvalue weighted by atomic mass is 10.2. The van der Waals surface area contributed by atoms with Crippen molar-refractivity contribution in [2.24, 2.45) is 0 Å². The third kappa shape index (κ3) is 3.36. The number of nitrogens with two attached hydrogens (primary N) is 1. The maximum atomic E-state index is 12.1. The summed E-state index contributed by atoms with van der Waals surface area (Å²) in [5.41, 5.74) is 6.32. The van der Waals surface area contributed by atoms with E-state index >= 15 is 0 Å². The molecule has 7 heteroatoms. The molecule has 2 heterocycles. The fraction of sp³-hybridized carbons (Fsp3) is 0.154. The third-order valence-electron chi connectivity index (χ3n) is 2.41. The topological polar surface area (TPSA) is 90.1 Å². The first-order valence-corrected chi connectivity index (χ1v) is 6.29. The summed E-state index contributed by atoms with van der Waals surface area (Å²) in [7, 11) is 0. The van der Waals surface area contributed by atoms with Crippen LogP contribution in [0.1, 0.15) is 17.3 Å². The molecule has 0 aliphatic carbocycles. The van der Waals surface area contributed by atoms with Gasteiger partial charge in [0.2, 0.25) is 5.88 Å². The minimum Gasteiger partial charge on any atom is -0.478 e. The molecule has 0 spiro atoms. The van der Waals surface area contributed by atoms with Gasteiger partial charge in [0, 0.05) is 12.3 Å². The van der Waals surface area contributed by atoms with E-state index in [2.05, 4.69) is 15.3 Å². The summed E-state index contributed by atoms with van der Waals surface area (Å²) in [6.07, 6.45) is 2.84. The Kier molecular flexibility index (Phi) is 4.37. The van der Waals surface area contributed by atoms with Crippen molar-refractivity contribution in [1.82, 2.24) is 9.97 Å². The van der Waals surface area contributed by atoms with Gasteiger partial charge in [-0.05, 0) is 19.1 Å². The van der Waals surface area contributed by atoms with Crippen LogP contribution in [0.25, 0.3) is 0 Å². The number of nitrogen functional groups attached to an aromatic ring is 1. The smallest absolute Gasteiger partial charge is 0.257 e. The zero-order valence-electron chi connectivity index (χ0n) is 10.8. The minimum atomic E-state index is -0.380. The Morgan fingerprint density at radius 3 is 2.85 bits per heavy atom. The SMILES string of the molecule is CCOc1ccc(NC(=O)c2cc(N)ncc2Cl)cn1. The summed E-state index contributed by atoms with van der Waals surface area (Å²) < 4.78 is 5.22.